The van der Waals surface area contributed by atoms with Gasteiger partial charge in [-0.05, 0) is 25.3 Å². The molecule has 0 aromatic heterocycles. The van der Waals surface area contributed by atoms with Gasteiger partial charge in [-0.25, -0.2) is 0 Å². The molecular weight excluding hydrogens is 114 g/mol. The molecule has 0 aromatic carbocycles. The first-order valence-corrected chi connectivity index (χ1v) is 3.78. The Balaban J connectivity index is 1.97. The molecule has 2 aliphatic heterocycles. The molecule has 2 nitrogen and oxygen atoms in total. The fraction of sp³-hybridized carbons (Fsp3) is 1.00. The lowest BCUT2D eigenvalue weighted by molar-refractivity contribution is 0.183. The van der Waals surface area contributed by atoms with E-state index in [-0.39, 0.29) is 0 Å². The Morgan fingerprint density at radius 2 is 2.33 bits per heavy atom. The van der Waals surface area contributed by atoms with Gasteiger partial charge in [0.1, 0.15) is 0 Å². The summed E-state index contributed by atoms with van der Waals surface area (Å²) in [5.74, 6) is 0.832. The molecule has 0 radical (unpaired) electrons. The van der Waals surface area contributed by atoms with Crippen LogP contribution in [0.2, 0.25) is 0 Å². The zero-order chi connectivity index (χ0) is 6.10. The number of fused-ring (bicyclic) bond motifs is 1. The molecule has 2 atom stereocenters. The zero-order valence-corrected chi connectivity index (χ0v) is 5.60. The van der Waals surface area contributed by atoms with Crippen molar-refractivity contribution in [3.05, 3.63) is 0 Å². The maximum absolute atomic E-state index is 5.33. The van der Waals surface area contributed by atoms with Crippen molar-refractivity contribution in [1.29, 1.82) is 0 Å². The molecule has 0 spiro atoms. The second-order valence-electron chi connectivity index (χ2n) is 3.00. The highest BCUT2D eigenvalue weighted by atomic mass is 16.5. The van der Waals surface area contributed by atoms with Gasteiger partial charge in [-0.3, -0.25) is 0 Å². The number of ether oxygens (including phenoxy) is 1. The van der Waals surface area contributed by atoms with Crippen molar-refractivity contribution in [1.82, 2.24) is 5.32 Å². The van der Waals surface area contributed by atoms with Gasteiger partial charge in [0.25, 0.3) is 0 Å². The molecular formula is C7H13NO. The van der Waals surface area contributed by atoms with E-state index < -0.39 is 0 Å². The lowest BCUT2D eigenvalue weighted by Crippen LogP contribution is -2.40. The van der Waals surface area contributed by atoms with Crippen LogP contribution in [-0.4, -0.2) is 25.8 Å². The van der Waals surface area contributed by atoms with Gasteiger partial charge in [-0.1, -0.05) is 0 Å². The molecule has 9 heavy (non-hydrogen) atoms. The summed E-state index contributed by atoms with van der Waals surface area (Å²) in [4.78, 5) is 0. The van der Waals surface area contributed by atoms with E-state index in [9.17, 15) is 0 Å². The van der Waals surface area contributed by atoms with Crippen LogP contribution in [0.5, 0.6) is 0 Å². The van der Waals surface area contributed by atoms with Crippen LogP contribution in [0.15, 0.2) is 0 Å². The number of piperidine rings is 1. The smallest absolute Gasteiger partial charge is 0.0623 e. The standard InChI is InChI=1S/C7H13NO/c1-2-6-4-9-5-7(6)8-3-1/h6-8H,1-5H2/t6-,7-/m0/s1. The fourth-order valence-electron chi connectivity index (χ4n) is 1.76. The lowest BCUT2D eigenvalue weighted by atomic mass is 9.94. The summed E-state index contributed by atoms with van der Waals surface area (Å²) in [5.41, 5.74) is 0. The lowest BCUT2D eigenvalue weighted by Gasteiger charge is -2.24. The van der Waals surface area contributed by atoms with Gasteiger partial charge in [-0.15, -0.1) is 0 Å². The second-order valence-corrected chi connectivity index (χ2v) is 3.00. The zero-order valence-electron chi connectivity index (χ0n) is 5.60. The summed E-state index contributed by atoms with van der Waals surface area (Å²) < 4.78 is 5.33. The van der Waals surface area contributed by atoms with Gasteiger partial charge in [0.15, 0.2) is 0 Å². The minimum Gasteiger partial charge on any atom is -0.379 e. The molecule has 0 aromatic rings. The van der Waals surface area contributed by atoms with Crippen molar-refractivity contribution in [2.45, 2.75) is 18.9 Å². The van der Waals surface area contributed by atoms with E-state index >= 15 is 0 Å². The van der Waals surface area contributed by atoms with E-state index in [2.05, 4.69) is 5.32 Å². The van der Waals surface area contributed by atoms with Crippen LogP contribution in [0, 0.1) is 5.92 Å². The molecule has 2 heteroatoms. The van der Waals surface area contributed by atoms with E-state index in [1.54, 1.807) is 0 Å². The molecule has 0 unspecified atom stereocenters. The van der Waals surface area contributed by atoms with Crippen LogP contribution < -0.4 is 5.32 Å². The van der Waals surface area contributed by atoms with Crippen molar-refractivity contribution < 1.29 is 4.74 Å². The minimum atomic E-state index is 0.693. The molecule has 2 saturated heterocycles. The van der Waals surface area contributed by atoms with E-state index in [1.165, 1.54) is 19.4 Å². The molecule has 0 amide bonds. The predicted octanol–water partition coefficient (Wildman–Crippen LogP) is 0.385. The molecule has 52 valence electrons. The van der Waals surface area contributed by atoms with E-state index in [1.807, 2.05) is 0 Å². The summed E-state index contributed by atoms with van der Waals surface area (Å²) in [5, 5.41) is 3.46. The average Bonchev–Trinajstić information content (AvgIpc) is 2.33. The predicted molar refractivity (Wildman–Crippen MR) is 35.3 cm³/mol. The number of hydrogen-bond acceptors (Lipinski definition) is 2. The Hall–Kier alpha value is -0.0800. The quantitative estimate of drug-likeness (QED) is 0.508. The monoisotopic (exact) mass is 127 g/mol. The Kier molecular flexibility index (Phi) is 1.44. The summed E-state index contributed by atoms with van der Waals surface area (Å²) in [6.45, 7) is 3.15. The van der Waals surface area contributed by atoms with Crippen molar-refractivity contribution >= 4 is 0 Å². The molecule has 0 saturated carbocycles. The van der Waals surface area contributed by atoms with Crippen molar-refractivity contribution in [2.24, 2.45) is 5.92 Å². The van der Waals surface area contributed by atoms with Crippen molar-refractivity contribution in [3.8, 4) is 0 Å². The van der Waals surface area contributed by atoms with Gasteiger partial charge in [0.2, 0.25) is 0 Å². The van der Waals surface area contributed by atoms with Gasteiger partial charge >= 0.3 is 0 Å². The van der Waals surface area contributed by atoms with Crippen LogP contribution >= 0.6 is 0 Å². The molecule has 0 bridgehead atoms. The maximum atomic E-state index is 5.33. The second kappa shape index (κ2) is 2.27. The molecule has 2 rings (SSSR count). The molecule has 2 heterocycles. The van der Waals surface area contributed by atoms with Crippen LogP contribution in [0.4, 0.5) is 0 Å². The first kappa shape index (κ1) is 5.69. The summed E-state index contributed by atoms with van der Waals surface area (Å²) in [7, 11) is 0. The highest BCUT2D eigenvalue weighted by Crippen LogP contribution is 2.21. The third-order valence-electron chi connectivity index (χ3n) is 2.36. The van der Waals surface area contributed by atoms with Crippen molar-refractivity contribution in [2.75, 3.05) is 19.8 Å². The Morgan fingerprint density at radius 3 is 3.22 bits per heavy atom. The summed E-state index contributed by atoms with van der Waals surface area (Å²) >= 11 is 0. The van der Waals surface area contributed by atoms with E-state index in [0.29, 0.717) is 6.04 Å². The maximum Gasteiger partial charge on any atom is 0.0623 e. The molecule has 2 fully saturated rings. The van der Waals surface area contributed by atoms with E-state index in [4.69, 9.17) is 4.74 Å². The highest BCUT2D eigenvalue weighted by molar-refractivity contribution is 4.84. The van der Waals surface area contributed by atoms with E-state index in [0.717, 1.165) is 19.1 Å². The Bertz CT molecular complexity index is 93.1. The van der Waals surface area contributed by atoms with Crippen LogP contribution in [-0.2, 0) is 4.74 Å². The number of hydrogen-bond donors (Lipinski definition) is 1. The average molecular weight is 127 g/mol. The topological polar surface area (TPSA) is 21.3 Å². The number of rotatable bonds is 0. The highest BCUT2D eigenvalue weighted by Gasteiger charge is 2.29. The molecule has 2 aliphatic rings. The third-order valence-corrected chi connectivity index (χ3v) is 2.36. The number of nitrogens with one attached hydrogen (secondary N) is 1. The van der Waals surface area contributed by atoms with Gasteiger partial charge in [-0.2, -0.15) is 0 Å². The third kappa shape index (κ3) is 0.970. The van der Waals surface area contributed by atoms with Crippen LogP contribution in [0.1, 0.15) is 12.8 Å². The summed E-state index contributed by atoms with van der Waals surface area (Å²) in [6.07, 6.45) is 2.71. The first-order chi connectivity index (χ1) is 4.47. The van der Waals surface area contributed by atoms with Gasteiger partial charge in [0.05, 0.1) is 13.2 Å². The Labute approximate surface area is 55.6 Å². The first-order valence-electron chi connectivity index (χ1n) is 3.78. The Morgan fingerprint density at radius 1 is 1.33 bits per heavy atom. The fourth-order valence-corrected chi connectivity index (χ4v) is 1.76. The SMILES string of the molecule is C1CN[C@H]2COC[C@@H]2C1. The molecule has 0 aliphatic carbocycles. The van der Waals surface area contributed by atoms with Crippen LogP contribution in [0.25, 0.3) is 0 Å². The summed E-state index contributed by atoms with van der Waals surface area (Å²) in [6, 6.07) is 0.693. The molecule has 1 N–H and O–H groups in total. The van der Waals surface area contributed by atoms with Crippen LogP contribution in [0.3, 0.4) is 0 Å². The van der Waals surface area contributed by atoms with Gasteiger partial charge in [0, 0.05) is 6.04 Å². The normalized spacial score (nSPS) is 42.7. The van der Waals surface area contributed by atoms with Crippen molar-refractivity contribution in [3.63, 3.8) is 0 Å². The largest absolute Gasteiger partial charge is 0.379 e. The van der Waals surface area contributed by atoms with Gasteiger partial charge < -0.3 is 10.1 Å². The minimum absolute atomic E-state index is 0.693.